The predicted octanol–water partition coefficient (Wildman–Crippen LogP) is 2.54. The minimum absolute atomic E-state index is 0.0438. The normalized spacial score (nSPS) is 21.2. The van der Waals surface area contributed by atoms with Crippen molar-refractivity contribution in [2.45, 2.75) is 32.6 Å². The van der Waals surface area contributed by atoms with Crippen LogP contribution in [0.25, 0.3) is 4.85 Å². The standard InChI is InChI=1S/C11H15NO2/c1-8(12-2)9-4-6-10(7-5-9)11(13)14-3/h10H,4-7H2,1,3H3. The Hall–Kier alpha value is -1.30. The summed E-state index contributed by atoms with van der Waals surface area (Å²) >= 11 is 0. The fourth-order valence-electron chi connectivity index (χ4n) is 1.81. The van der Waals surface area contributed by atoms with Gasteiger partial charge in [0.05, 0.1) is 19.6 Å². The SMILES string of the molecule is [C-]#[N+]C(C)=C1CCC(C(=O)OC)CC1. The zero-order valence-corrected chi connectivity index (χ0v) is 8.67. The van der Waals surface area contributed by atoms with Gasteiger partial charge >= 0.3 is 5.97 Å². The van der Waals surface area contributed by atoms with Crippen molar-refractivity contribution in [1.82, 2.24) is 0 Å². The number of hydrogen-bond donors (Lipinski definition) is 0. The van der Waals surface area contributed by atoms with Crippen LogP contribution in [-0.4, -0.2) is 13.1 Å². The van der Waals surface area contributed by atoms with Gasteiger partial charge in [-0.1, -0.05) is 5.57 Å². The first kappa shape index (κ1) is 10.8. The summed E-state index contributed by atoms with van der Waals surface area (Å²) in [7, 11) is 1.43. The van der Waals surface area contributed by atoms with Crippen LogP contribution in [0.5, 0.6) is 0 Å². The molecule has 0 saturated heterocycles. The van der Waals surface area contributed by atoms with Crippen molar-refractivity contribution in [3.8, 4) is 0 Å². The van der Waals surface area contributed by atoms with Crippen molar-refractivity contribution in [2.75, 3.05) is 7.11 Å². The van der Waals surface area contributed by atoms with Gasteiger partial charge in [-0.3, -0.25) is 4.79 Å². The maximum atomic E-state index is 11.2. The third-order valence-electron chi connectivity index (χ3n) is 2.80. The highest BCUT2D eigenvalue weighted by Gasteiger charge is 2.24. The van der Waals surface area contributed by atoms with Gasteiger partial charge in [0.1, 0.15) is 0 Å². The number of carbonyl (C=O) groups is 1. The van der Waals surface area contributed by atoms with Crippen LogP contribution in [0.1, 0.15) is 32.6 Å². The summed E-state index contributed by atoms with van der Waals surface area (Å²) in [6, 6.07) is 0. The number of nitrogens with zero attached hydrogens (tertiary/aromatic N) is 1. The Morgan fingerprint density at radius 2 is 2.07 bits per heavy atom. The number of rotatable bonds is 1. The molecule has 0 bridgehead atoms. The molecule has 3 nitrogen and oxygen atoms in total. The smallest absolute Gasteiger partial charge is 0.308 e. The molecule has 1 rings (SSSR count). The topological polar surface area (TPSA) is 30.7 Å². The van der Waals surface area contributed by atoms with Gasteiger partial charge in [-0.15, -0.1) is 0 Å². The first-order chi connectivity index (χ1) is 6.69. The lowest BCUT2D eigenvalue weighted by Gasteiger charge is -2.22. The van der Waals surface area contributed by atoms with Gasteiger partial charge in [0.2, 0.25) is 0 Å². The molecular weight excluding hydrogens is 178 g/mol. The van der Waals surface area contributed by atoms with E-state index in [0.29, 0.717) is 0 Å². The Morgan fingerprint density at radius 3 is 2.50 bits per heavy atom. The molecule has 0 heterocycles. The second-order valence-corrected chi connectivity index (χ2v) is 3.60. The van der Waals surface area contributed by atoms with Crippen molar-refractivity contribution >= 4 is 5.97 Å². The summed E-state index contributed by atoms with van der Waals surface area (Å²) < 4.78 is 4.70. The molecule has 1 aliphatic rings. The number of ether oxygens (including phenoxy) is 1. The molecule has 14 heavy (non-hydrogen) atoms. The molecule has 0 amide bonds. The number of allylic oxidation sites excluding steroid dienone is 2. The van der Waals surface area contributed by atoms with Gasteiger partial charge < -0.3 is 4.74 Å². The van der Waals surface area contributed by atoms with E-state index in [1.165, 1.54) is 12.7 Å². The van der Waals surface area contributed by atoms with E-state index in [1.807, 2.05) is 6.92 Å². The molecule has 0 unspecified atom stereocenters. The minimum atomic E-state index is -0.107. The fraction of sp³-hybridized carbons (Fsp3) is 0.636. The molecule has 0 aromatic heterocycles. The summed E-state index contributed by atoms with van der Waals surface area (Å²) in [6.45, 7) is 8.74. The largest absolute Gasteiger partial charge is 0.469 e. The number of hydrogen-bond acceptors (Lipinski definition) is 2. The number of esters is 1. The van der Waals surface area contributed by atoms with Crippen molar-refractivity contribution in [3.05, 3.63) is 22.7 Å². The van der Waals surface area contributed by atoms with Crippen LogP contribution in [0.4, 0.5) is 0 Å². The highest BCUT2D eigenvalue weighted by atomic mass is 16.5. The molecule has 0 radical (unpaired) electrons. The van der Waals surface area contributed by atoms with Crippen LogP contribution in [0.2, 0.25) is 0 Å². The Kier molecular flexibility index (Phi) is 3.70. The summed E-state index contributed by atoms with van der Waals surface area (Å²) in [5, 5.41) is 0. The average molecular weight is 193 g/mol. The summed E-state index contributed by atoms with van der Waals surface area (Å²) in [4.78, 5) is 14.6. The van der Waals surface area contributed by atoms with Crippen LogP contribution in [0, 0.1) is 12.5 Å². The van der Waals surface area contributed by atoms with Crippen molar-refractivity contribution in [1.29, 1.82) is 0 Å². The molecule has 0 spiro atoms. The summed E-state index contributed by atoms with van der Waals surface area (Å²) in [6.07, 6.45) is 3.39. The van der Waals surface area contributed by atoms with E-state index in [-0.39, 0.29) is 11.9 Å². The molecule has 1 saturated carbocycles. The zero-order valence-electron chi connectivity index (χ0n) is 8.67. The van der Waals surface area contributed by atoms with Crippen LogP contribution in [0.15, 0.2) is 11.3 Å². The van der Waals surface area contributed by atoms with Crippen LogP contribution < -0.4 is 0 Å². The molecule has 1 fully saturated rings. The zero-order chi connectivity index (χ0) is 10.6. The van der Waals surface area contributed by atoms with Gasteiger partial charge in [0, 0.05) is 0 Å². The van der Waals surface area contributed by atoms with Crippen molar-refractivity contribution in [2.24, 2.45) is 5.92 Å². The maximum absolute atomic E-state index is 11.2. The van der Waals surface area contributed by atoms with Crippen LogP contribution >= 0.6 is 0 Å². The molecule has 76 valence electrons. The third-order valence-corrected chi connectivity index (χ3v) is 2.80. The molecule has 1 aliphatic carbocycles. The Bertz CT molecular complexity index is 289. The lowest BCUT2D eigenvalue weighted by molar-refractivity contribution is -0.146. The van der Waals surface area contributed by atoms with Crippen LogP contribution in [0.3, 0.4) is 0 Å². The highest BCUT2D eigenvalue weighted by molar-refractivity contribution is 5.72. The maximum Gasteiger partial charge on any atom is 0.308 e. The second-order valence-electron chi connectivity index (χ2n) is 3.60. The number of carbonyl (C=O) groups excluding carboxylic acids is 1. The van der Waals surface area contributed by atoms with Crippen molar-refractivity contribution in [3.63, 3.8) is 0 Å². The van der Waals surface area contributed by atoms with Gasteiger partial charge in [-0.2, -0.15) is 0 Å². The first-order valence-corrected chi connectivity index (χ1v) is 4.83. The van der Waals surface area contributed by atoms with E-state index in [0.717, 1.165) is 31.4 Å². The Labute approximate surface area is 84.6 Å². The molecule has 3 heteroatoms. The van der Waals surface area contributed by atoms with E-state index in [4.69, 9.17) is 11.3 Å². The van der Waals surface area contributed by atoms with Gasteiger partial charge in [0.25, 0.3) is 0 Å². The second kappa shape index (κ2) is 4.80. The van der Waals surface area contributed by atoms with E-state index >= 15 is 0 Å². The highest BCUT2D eigenvalue weighted by Crippen LogP contribution is 2.31. The van der Waals surface area contributed by atoms with Gasteiger partial charge in [0.15, 0.2) is 5.70 Å². The van der Waals surface area contributed by atoms with Crippen molar-refractivity contribution < 1.29 is 9.53 Å². The fourth-order valence-corrected chi connectivity index (χ4v) is 1.81. The number of methoxy groups -OCH3 is 1. The molecule has 0 N–H and O–H groups in total. The Morgan fingerprint density at radius 1 is 1.50 bits per heavy atom. The van der Waals surface area contributed by atoms with E-state index in [1.54, 1.807) is 0 Å². The van der Waals surface area contributed by atoms with E-state index in [9.17, 15) is 4.79 Å². The monoisotopic (exact) mass is 193 g/mol. The lowest BCUT2D eigenvalue weighted by Crippen LogP contribution is -2.19. The predicted molar refractivity (Wildman–Crippen MR) is 53.3 cm³/mol. The molecular formula is C11H15NO2. The molecule has 0 aromatic carbocycles. The van der Waals surface area contributed by atoms with E-state index in [2.05, 4.69) is 4.85 Å². The molecule has 0 atom stereocenters. The lowest BCUT2D eigenvalue weighted by atomic mass is 9.85. The minimum Gasteiger partial charge on any atom is -0.469 e. The molecule has 0 aromatic rings. The Balaban J connectivity index is 2.55. The average Bonchev–Trinajstić information content (AvgIpc) is 2.27. The first-order valence-electron chi connectivity index (χ1n) is 4.83. The summed E-state index contributed by atoms with van der Waals surface area (Å²) in [5.41, 5.74) is 2.01. The summed E-state index contributed by atoms with van der Waals surface area (Å²) in [5.74, 6) is -0.0631. The van der Waals surface area contributed by atoms with E-state index < -0.39 is 0 Å². The van der Waals surface area contributed by atoms with Crippen LogP contribution in [-0.2, 0) is 9.53 Å². The quantitative estimate of drug-likeness (QED) is 0.473. The molecule has 0 aliphatic heterocycles. The van der Waals surface area contributed by atoms with Gasteiger partial charge in [-0.05, 0) is 32.6 Å². The third kappa shape index (κ3) is 2.35. The van der Waals surface area contributed by atoms with Gasteiger partial charge in [-0.25, -0.2) is 4.85 Å².